The van der Waals surface area contributed by atoms with Crippen molar-refractivity contribution in [3.8, 4) is 0 Å². The van der Waals surface area contributed by atoms with Crippen LogP contribution < -0.4 is 10.6 Å². The van der Waals surface area contributed by atoms with Gasteiger partial charge in [0, 0.05) is 13.1 Å². The van der Waals surface area contributed by atoms with Crippen molar-refractivity contribution in [2.75, 3.05) is 43.5 Å². The molecule has 4 heterocycles. The minimum Gasteiger partial charge on any atom is -0.394 e. The molecule has 136 valence electrons. The molecule has 11 heteroatoms. The molecule has 0 spiro atoms. The molecule has 2 aromatic heterocycles. The van der Waals surface area contributed by atoms with Crippen LogP contribution in [-0.4, -0.2) is 86.1 Å². The maximum absolute atomic E-state index is 10.4. The Balaban J connectivity index is 1.84. The third-order valence-corrected chi connectivity index (χ3v) is 4.55. The normalized spacial score (nSPS) is 30.3. The quantitative estimate of drug-likeness (QED) is 0.481. The van der Waals surface area contributed by atoms with E-state index in [0.717, 1.165) is 0 Å². The third-order valence-electron chi connectivity index (χ3n) is 4.55. The summed E-state index contributed by atoms with van der Waals surface area (Å²) in [6, 6.07) is 0. The van der Waals surface area contributed by atoms with Crippen LogP contribution in [-0.2, 0) is 9.47 Å². The fraction of sp³-hybridized carbons (Fsp3) is 0.643. The highest BCUT2D eigenvalue weighted by Gasteiger charge is 2.45. The number of nitrogens with two attached hydrogens (primary N) is 1. The summed E-state index contributed by atoms with van der Waals surface area (Å²) in [5.41, 5.74) is 6.70. The Morgan fingerprint density at radius 2 is 1.96 bits per heavy atom. The molecule has 4 atom stereocenters. The largest absolute Gasteiger partial charge is 0.394 e. The number of nitrogen functional groups attached to an aromatic ring is 1. The van der Waals surface area contributed by atoms with E-state index in [2.05, 4.69) is 15.0 Å². The highest BCUT2D eigenvalue weighted by molar-refractivity contribution is 5.84. The lowest BCUT2D eigenvalue weighted by Gasteiger charge is -2.30. The van der Waals surface area contributed by atoms with E-state index in [1.165, 1.54) is 6.33 Å². The van der Waals surface area contributed by atoms with Crippen LogP contribution in [0.25, 0.3) is 11.2 Å². The van der Waals surface area contributed by atoms with Gasteiger partial charge >= 0.3 is 0 Å². The van der Waals surface area contributed by atoms with Crippen molar-refractivity contribution in [2.24, 2.45) is 0 Å². The Morgan fingerprint density at radius 3 is 2.64 bits per heavy atom. The highest BCUT2D eigenvalue weighted by Crippen LogP contribution is 2.36. The van der Waals surface area contributed by atoms with Gasteiger partial charge in [0.25, 0.3) is 0 Å². The molecule has 25 heavy (non-hydrogen) atoms. The van der Waals surface area contributed by atoms with Crippen molar-refractivity contribution < 1.29 is 24.8 Å². The minimum atomic E-state index is -1.24. The van der Waals surface area contributed by atoms with Gasteiger partial charge in [-0.25, -0.2) is 15.0 Å². The van der Waals surface area contributed by atoms with E-state index >= 15 is 0 Å². The summed E-state index contributed by atoms with van der Waals surface area (Å²) < 4.78 is 12.6. The Kier molecular flexibility index (Phi) is 4.17. The fourth-order valence-electron chi connectivity index (χ4n) is 3.23. The zero-order chi connectivity index (χ0) is 17.6. The molecule has 0 radical (unpaired) electrons. The number of anilines is 2. The van der Waals surface area contributed by atoms with Crippen molar-refractivity contribution in [3.63, 3.8) is 0 Å². The SMILES string of the molecule is Nc1ncnc2c1nc(N1CCOCC1)n2[C@@H]1O[C@@H](CO)[C@@H](O)[C@@H]1O. The average Bonchev–Trinajstić information content (AvgIpc) is 3.15. The summed E-state index contributed by atoms with van der Waals surface area (Å²) in [4.78, 5) is 14.7. The molecular weight excluding hydrogens is 332 g/mol. The van der Waals surface area contributed by atoms with E-state index in [-0.39, 0.29) is 5.82 Å². The Hall–Kier alpha value is -2.05. The number of ether oxygens (including phenoxy) is 2. The Labute approximate surface area is 142 Å². The monoisotopic (exact) mass is 352 g/mol. The predicted octanol–water partition coefficient (Wildman–Crippen LogP) is -2.14. The molecular formula is C14H20N6O5. The molecule has 2 fully saturated rings. The van der Waals surface area contributed by atoms with Crippen LogP contribution in [0.2, 0.25) is 0 Å². The minimum absolute atomic E-state index is 0.213. The van der Waals surface area contributed by atoms with E-state index in [4.69, 9.17) is 15.2 Å². The van der Waals surface area contributed by atoms with Crippen LogP contribution in [0, 0.1) is 0 Å². The van der Waals surface area contributed by atoms with Crippen LogP contribution in [0.5, 0.6) is 0 Å². The summed E-state index contributed by atoms with van der Waals surface area (Å²) in [7, 11) is 0. The van der Waals surface area contributed by atoms with Gasteiger partial charge in [0.2, 0.25) is 5.95 Å². The number of imidazole rings is 1. The molecule has 2 aromatic rings. The van der Waals surface area contributed by atoms with Gasteiger partial charge in [0.15, 0.2) is 23.2 Å². The van der Waals surface area contributed by atoms with E-state index in [0.29, 0.717) is 43.4 Å². The third kappa shape index (κ3) is 2.60. The molecule has 0 amide bonds. The van der Waals surface area contributed by atoms with Gasteiger partial charge in [0.1, 0.15) is 24.6 Å². The fourth-order valence-corrected chi connectivity index (χ4v) is 3.23. The molecule has 0 unspecified atom stereocenters. The predicted molar refractivity (Wildman–Crippen MR) is 85.8 cm³/mol. The molecule has 0 bridgehead atoms. The lowest BCUT2D eigenvalue weighted by molar-refractivity contribution is -0.0506. The maximum atomic E-state index is 10.4. The molecule has 2 aliphatic heterocycles. The number of rotatable bonds is 3. The molecule has 4 rings (SSSR count). The van der Waals surface area contributed by atoms with Gasteiger partial charge < -0.3 is 35.4 Å². The number of aliphatic hydroxyl groups excluding tert-OH is 3. The smallest absolute Gasteiger partial charge is 0.210 e. The van der Waals surface area contributed by atoms with E-state index < -0.39 is 31.1 Å². The van der Waals surface area contributed by atoms with Crippen molar-refractivity contribution in [1.82, 2.24) is 19.5 Å². The zero-order valence-electron chi connectivity index (χ0n) is 13.4. The van der Waals surface area contributed by atoms with Gasteiger partial charge in [-0.15, -0.1) is 0 Å². The summed E-state index contributed by atoms with van der Waals surface area (Å²) in [5.74, 6) is 0.713. The van der Waals surface area contributed by atoms with Gasteiger partial charge in [-0.2, -0.15) is 0 Å². The van der Waals surface area contributed by atoms with Crippen LogP contribution in [0.15, 0.2) is 6.33 Å². The summed E-state index contributed by atoms with van der Waals surface area (Å²) in [5, 5.41) is 29.9. The Morgan fingerprint density at radius 1 is 1.20 bits per heavy atom. The number of aromatic nitrogens is 4. The first-order valence-electron chi connectivity index (χ1n) is 8.05. The van der Waals surface area contributed by atoms with Crippen molar-refractivity contribution >= 4 is 22.9 Å². The topological polar surface area (TPSA) is 152 Å². The van der Waals surface area contributed by atoms with E-state index in [1.54, 1.807) is 4.57 Å². The lowest BCUT2D eigenvalue weighted by atomic mass is 10.1. The number of nitrogens with zero attached hydrogens (tertiary/aromatic N) is 5. The second kappa shape index (κ2) is 6.35. The van der Waals surface area contributed by atoms with Crippen molar-refractivity contribution in [3.05, 3.63) is 6.33 Å². The Bertz CT molecular complexity index is 763. The number of hydrogen-bond acceptors (Lipinski definition) is 10. The number of hydrogen-bond donors (Lipinski definition) is 4. The molecule has 0 aliphatic carbocycles. The zero-order valence-corrected chi connectivity index (χ0v) is 13.4. The van der Waals surface area contributed by atoms with Gasteiger partial charge in [-0.1, -0.05) is 0 Å². The van der Waals surface area contributed by atoms with Crippen LogP contribution in [0.3, 0.4) is 0 Å². The highest BCUT2D eigenvalue weighted by atomic mass is 16.6. The average molecular weight is 352 g/mol. The van der Waals surface area contributed by atoms with Gasteiger partial charge in [-0.05, 0) is 0 Å². The number of fused-ring (bicyclic) bond motifs is 1. The van der Waals surface area contributed by atoms with Gasteiger partial charge in [0.05, 0.1) is 19.8 Å². The van der Waals surface area contributed by atoms with Gasteiger partial charge in [-0.3, -0.25) is 4.57 Å². The van der Waals surface area contributed by atoms with Crippen LogP contribution in [0.1, 0.15) is 6.23 Å². The van der Waals surface area contributed by atoms with E-state index in [1.807, 2.05) is 4.90 Å². The van der Waals surface area contributed by atoms with Crippen molar-refractivity contribution in [2.45, 2.75) is 24.5 Å². The van der Waals surface area contributed by atoms with E-state index in [9.17, 15) is 15.3 Å². The first-order valence-corrected chi connectivity index (χ1v) is 8.05. The summed E-state index contributed by atoms with van der Waals surface area (Å²) >= 11 is 0. The van der Waals surface area contributed by atoms with Crippen LogP contribution >= 0.6 is 0 Å². The molecule has 5 N–H and O–H groups in total. The summed E-state index contributed by atoms with van der Waals surface area (Å²) in [6.07, 6.45) is -3.01. The maximum Gasteiger partial charge on any atom is 0.210 e. The second-order valence-corrected chi connectivity index (χ2v) is 6.04. The molecule has 0 saturated carbocycles. The lowest BCUT2D eigenvalue weighted by Crippen LogP contribution is -2.39. The molecule has 2 saturated heterocycles. The first kappa shape index (κ1) is 16.4. The number of morpholine rings is 1. The standard InChI is InChI=1S/C14H20N6O5/c15-11-8-12(17-6-16-11)20(13-10(23)9(22)7(5-21)25-13)14(18-8)19-1-3-24-4-2-19/h6-7,9-10,13,21-23H,1-5H2,(H2,15,16,17)/t7-,9+,10-,13+/m0/s1. The van der Waals surface area contributed by atoms with Crippen LogP contribution in [0.4, 0.5) is 11.8 Å². The van der Waals surface area contributed by atoms with Crippen molar-refractivity contribution in [1.29, 1.82) is 0 Å². The molecule has 11 nitrogen and oxygen atoms in total. The first-order chi connectivity index (χ1) is 12.1. The number of aliphatic hydroxyl groups is 3. The molecule has 2 aliphatic rings. The summed E-state index contributed by atoms with van der Waals surface area (Å²) in [6.45, 7) is 1.88. The molecule has 0 aromatic carbocycles. The second-order valence-electron chi connectivity index (χ2n) is 6.04.